The minimum absolute atomic E-state index is 0.0365. The summed E-state index contributed by atoms with van der Waals surface area (Å²) in [7, 11) is 0. The number of aliphatic carboxylic acids is 1. The Morgan fingerprint density at radius 3 is 2.55 bits per heavy atom. The molecule has 8 heteroatoms. The summed E-state index contributed by atoms with van der Waals surface area (Å²) < 4.78 is 2.83. The molecule has 0 unspecified atom stereocenters. The third-order valence-electron chi connectivity index (χ3n) is 5.83. The van der Waals surface area contributed by atoms with Crippen molar-refractivity contribution in [3.8, 4) is 0 Å². The number of benzene rings is 2. The van der Waals surface area contributed by atoms with Crippen molar-refractivity contribution < 1.29 is 14.7 Å². The first-order chi connectivity index (χ1) is 14.9. The fourth-order valence-electron chi connectivity index (χ4n) is 4.27. The zero-order valence-corrected chi connectivity index (χ0v) is 19.2. The molecule has 1 fully saturated rings. The number of aromatic nitrogens is 2. The Hall–Kier alpha value is -2.38. The Bertz CT molecular complexity index is 1110. The van der Waals surface area contributed by atoms with Gasteiger partial charge in [-0.1, -0.05) is 39.7 Å². The lowest BCUT2D eigenvalue weighted by Crippen LogP contribution is -2.38. The van der Waals surface area contributed by atoms with Gasteiger partial charge >= 0.3 is 5.97 Å². The highest BCUT2D eigenvalue weighted by Crippen LogP contribution is 2.29. The van der Waals surface area contributed by atoms with E-state index >= 15 is 0 Å². The Labute approximate surface area is 193 Å². The zero-order valence-electron chi connectivity index (χ0n) is 16.9. The Morgan fingerprint density at radius 1 is 1.16 bits per heavy atom. The molecule has 0 spiro atoms. The molecule has 162 valence electrons. The van der Waals surface area contributed by atoms with Crippen LogP contribution in [0.4, 0.5) is 0 Å². The third-order valence-corrected chi connectivity index (χ3v) is 6.58. The van der Waals surface area contributed by atoms with E-state index in [4.69, 9.17) is 16.7 Å². The molecule has 0 atom stereocenters. The molecule has 1 saturated carbocycles. The molecule has 0 saturated heterocycles. The summed E-state index contributed by atoms with van der Waals surface area (Å²) in [4.78, 5) is 24.1. The smallest absolute Gasteiger partial charge is 0.303 e. The lowest BCUT2D eigenvalue weighted by Gasteiger charge is -2.28. The molecule has 1 aliphatic rings. The molecular formula is C23H23BrClN3O3. The van der Waals surface area contributed by atoms with Gasteiger partial charge < -0.3 is 10.4 Å². The minimum Gasteiger partial charge on any atom is -0.481 e. The van der Waals surface area contributed by atoms with E-state index in [1.807, 2.05) is 35.0 Å². The van der Waals surface area contributed by atoms with Crippen molar-refractivity contribution in [1.82, 2.24) is 15.1 Å². The maximum Gasteiger partial charge on any atom is 0.303 e. The fraction of sp³-hybridized carbons (Fsp3) is 0.348. The van der Waals surface area contributed by atoms with Gasteiger partial charge in [0, 0.05) is 27.3 Å². The van der Waals surface area contributed by atoms with Gasteiger partial charge in [-0.3, -0.25) is 14.3 Å². The van der Waals surface area contributed by atoms with Crippen LogP contribution < -0.4 is 5.32 Å². The molecule has 1 amide bonds. The van der Waals surface area contributed by atoms with Crippen LogP contribution in [0.3, 0.4) is 0 Å². The van der Waals surface area contributed by atoms with Crippen LogP contribution in [-0.4, -0.2) is 32.8 Å². The minimum atomic E-state index is -0.757. The number of nitrogens with one attached hydrogen (secondary N) is 1. The number of rotatable bonds is 6. The molecule has 2 N–H and O–H groups in total. The largest absolute Gasteiger partial charge is 0.481 e. The highest BCUT2D eigenvalue weighted by molar-refractivity contribution is 9.10. The number of carbonyl (C=O) groups excluding carboxylic acids is 1. The van der Waals surface area contributed by atoms with Crippen LogP contribution in [0.25, 0.3) is 10.9 Å². The second kappa shape index (κ2) is 9.40. The molecule has 2 aromatic carbocycles. The molecular weight excluding hydrogens is 482 g/mol. The van der Waals surface area contributed by atoms with E-state index in [0.29, 0.717) is 17.1 Å². The summed E-state index contributed by atoms with van der Waals surface area (Å²) in [6.45, 7) is 0.541. The van der Waals surface area contributed by atoms with Crippen molar-refractivity contribution in [2.45, 2.75) is 44.7 Å². The molecule has 0 bridgehead atoms. The third kappa shape index (κ3) is 5.28. The second-order valence-corrected chi connectivity index (χ2v) is 9.46. The van der Waals surface area contributed by atoms with E-state index < -0.39 is 5.97 Å². The first-order valence-corrected chi connectivity index (χ1v) is 11.5. The van der Waals surface area contributed by atoms with E-state index in [1.165, 1.54) is 0 Å². The van der Waals surface area contributed by atoms with E-state index in [2.05, 4.69) is 26.3 Å². The number of carboxylic acid groups (broad SMARTS) is 1. The van der Waals surface area contributed by atoms with E-state index in [1.54, 1.807) is 12.3 Å². The second-order valence-electron chi connectivity index (χ2n) is 8.11. The average molecular weight is 505 g/mol. The maximum atomic E-state index is 13.2. The van der Waals surface area contributed by atoms with Gasteiger partial charge in [0.1, 0.15) is 0 Å². The number of halogens is 2. The molecule has 0 radical (unpaired) electrons. The fourth-order valence-corrected chi connectivity index (χ4v) is 4.76. The normalized spacial score (nSPS) is 18.8. The quantitative estimate of drug-likeness (QED) is 0.479. The highest BCUT2D eigenvalue weighted by Gasteiger charge is 2.25. The van der Waals surface area contributed by atoms with Crippen LogP contribution in [0.1, 0.15) is 48.0 Å². The summed E-state index contributed by atoms with van der Waals surface area (Å²) in [5.41, 5.74) is 2.33. The van der Waals surface area contributed by atoms with Crippen LogP contribution in [0.5, 0.6) is 0 Å². The topological polar surface area (TPSA) is 84.2 Å². The van der Waals surface area contributed by atoms with Gasteiger partial charge in [-0.25, -0.2) is 0 Å². The van der Waals surface area contributed by atoms with E-state index in [0.717, 1.165) is 46.6 Å². The predicted octanol–water partition coefficient (Wildman–Crippen LogP) is 5.26. The van der Waals surface area contributed by atoms with Gasteiger partial charge in [0.25, 0.3) is 5.91 Å². The van der Waals surface area contributed by atoms with Gasteiger partial charge in [0.05, 0.1) is 23.8 Å². The predicted molar refractivity (Wildman–Crippen MR) is 123 cm³/mol. The number of carboxylic acids is 1. The van der Waals surface area contributed by atoms with Crippen LogP contribution in [-0.2, 0) is 11.3 Å². The van der Waals surface area contributed by atoms with Crippen LogP contribution >= 0.6 is 27.5 Å². The lowest BCUT2D eigenvalue weighted by molar-refractivity contribution is -0.138. The van der Waals surface area contributed by atoms with Crippen molar-refractivity contribution in [2.75, 3.05) is 0 Å². The van der Waals surface area contributed by atoms with Gasteiger partial charge in [-0.05, 0) is 61.4 Å². The molecule has 0 aliphatic heterocycles. The molecule has 1 aliphatic carbocycles. The number of hydrogen-bond acceptors (Lipinski definition) is 3. The Kier molecular flexibility index (Phi) is 6.62. The monoisotopic (exact) mass is 503 g/mol. The first kappa shape index (κ1) is 21.8. The standard InChI is InChI=1S/C23H23BrClN3O3/c24-17-5-1-15(2-6-17)13-28-22-16(12-26-28)10-18(25)11-20(22)23(31)27-19-7-3-14(4-8-19)9-21(29)30/h1-2,5-6,10-12,14,19H,3-4,7-9,13H2,(H,27,31)(H,29,30). The molecule has 31 heavy (non-hydrogen) atoms. The summed E-state index contributed by atoms with van der Waals surface area (Å²) in [6, 6.07) is 11.5. The number of nitrogens with zero attached hydrogens (tertiary/aromatic N) is 2. The molecule has 1 aromatic heterocycles. The van der Waals surface area contributed by atoms with Crippen LogP contribution in [0.15, 0.2) is 47.1 Å². The first-order valence-electron chi connectivity index (χ1n) is 10.3. The van der Waals surface area contributed by atoms with Gasteiger partial charge in [-0.2, -0.15) is 5.10 Å². The van der Waals surface area contributed by atoms with Gasteiger partial charge in [0.15, 0.2) is 0 Å². The number of fused-ring (bicyclic) bond motifs is 1. The SMILES string of the molecule is O=C(O)CC1CCC(NC(=O)c2cc(Cl)cc3cnn(Cc4ccc(Br)cc4)c23)CC1. The summed E-state index contributed by atoms with van der Waals surface area (Å²) in [5.74, 6) is -0.740. The molecule has 3 aromatic rings. The number of carbonyl (C=O) groups is 2. The maximum absolute atomic E-state index is 13.2. The number of hydrogen-bond donors (Lipinski definition) is 2. The Balaban J connectivity index is 1.54. The van der Waals surface area contributed by atoms with Gasteiger partial charge in [0.2, 0.25) is 0 Å². The summed E-state index contributed by atoms with van der Waals surface area (Å²) in [5, 5.41) is 17.9. The van der Waals surface area contributed by atoms with Crippen LogP contribution in [0, 0.1) is 5.92 Å². The summed E-state index contributed by atoms with van der Waals surface area (Å²) in [6.07, 6.45) is 5.11. The van der Waals surface area contributed by atoms with E-state index in [9.17, 15) is 9.59 Å². The van der Waals surface area contributed by atoms with Crippen LogP contribution in [0.2, 0.25) is 5.02 Å². The number of amides is 1. The Morgan fingerprint density at radius 2 is 1.87 bits per heavy atom. The lowest BCUT2D eigenvalue weighted by atomic mass is 9.84. The van der Waals surface area contributed by atoms with Gasteiger partial charge in [-0.15, -0.1) is 0 Å². The zero-order chi connectivity index (χ0) is 22.0. The molecule has 4 rings (SSSR count). The molecule has 1 heterocycles. The van der Waals surface area contributed by atoms with Crippen molar-refractivity contribution >= 4 is 50.3 Å². The van der Waals surface area contributed by atoms with Crippen molar-refractivity contribution in [2.24, 2.45) is 5.92 Å². The van der Waals surface area contributed by atoms with Crippen molar-refractivity contribution in [3.63, 3.8) is 0 Å². The highest BCUT2D eigenvalue weighted by atomic mass is 79.9. The molecule has 6 nitrogen and oxygen atoms in total. The summed E-state index contributed by atoms with van der Waals surface area (Å²) >= 11 is 9.73. The van der Waals surface area contributed by atoms with E-state index in [-0.39, 0.29) is 24.3 Å². The van der Waals surface area contributed by atoms with Crippen molar-refractivity contribution in [3.05, 3.63) is 63.2 Å². The average Bonchev–Trinajstić information content (AvgIpc) is 3.12. The van der Waals surface area contributed by atoms with Crippen molar-refractivity contribution in [1.29, 1.82) is 0 Å².